The van der Waals surface area contributed by atoms with Crippen molar-refractivity contribution >= 4 is 21.2 Å². The van der Waals surface area contributed by atoms with E-state index in [9.17, 15) is 22.9 Å². The lowest BCUT2D eigenvalue weighted by Crippen LogP contribution is -2.09. The van der Waals surface area contributed by atoms with Gasteiger partial charge in [-0.15, -0.1) is 0 Å². The molecule has 0 amide bonds. The van der Waals surface area contributed by atoms with Crippen LogP contribution in [0.15, 0.2) is 47.4 Å². The van der Waals surface area contributed by atoms with E-state index in [1.165, 1.54) is 18.2 Å². The molecule has 0 saturated carbocycles. The molecule has 21 heavy (non-hydrogen) atoms. The van der Waals surface area contributed by atoms with E-state index in [2.05, 4.69) is 0 Å². The molecule has 6 nitrogen and oxygen atoms in total. The number of halogens is 1. The first-order chi connectivity index (χ1) is 9.81. The smallest absolute Gasteiger partial charge is 0.273 e. The highest BCUT2D eigenvalue weighted by atomic mass is 32.2. The SMILES string of the molecule is Nc1ccccc1S(=O)(=O)Cc1cc(F)ccc1[N+](=O)[O-]. The van der Waals surface area contributed by atoms with Crippen molar-refractivity contribution in [3.63, 3.8) is 0 Å². The Hall–Kier alpha value is -2.48. The molecule has 2 aromatic rings. The molecule has 0 aromatic heterocycles. The molecule has 0 aliphatic heterocycles. The maximum absolute atomic E-state index is 13.2. The van der Waals surface area contributed by atoms with Gasteiger partial charge in [0.05, 0.1) is 21.3 Å². The number of para-hydroxylation sites is 1. The molecule has 2 N–H and O–H groups in total. The van der Waals surface area contributed by atoms with Crippen LogP contribution in [-0.4, -0.2) is 13.3 Å². The van der Waals surface area contributed by atoms with Gasteiger partial charge in [-0.3, -0.25) is 10.1 Å². The van der Waals surface area contributed by atoms with E-state index in [1.807, 2.05) is 0 Å². The summed E-state index contributed by atoms with van der Waals surface area (Å²) in [6.07, 6.45) is 0. The topological polar surface area (TPSA) is 103 Å². The van der Waals surface area contributed by atoms with Crippen LogP contribution in [0.1, 0.15) is 5.56 Å². The van der Waals surface area contributed by atoms with E-state index in [1.54, 1.807) is 6.07 Å². The Morgan fingerprint density at radius 3 is 2.48 bits per heavy atom. The van der Waals surface area contributed by atoms with Crippen molar-refractivity contribution in [2.75, 3.05) is 5.73 Å². The second kappa shape index (κ2) is 5.49. The number of rotatable bonds is 4. The molecule has 0 atom stereocenters. The Kier molecular flexibility index (Phi) is 3.90. The average Bonchev–Trinajstić information content (AvgIpc) is 2.38. The summed E-state index contributed by atoms with van der Waals surface area (Å²) in [6.45, 7) is 0. The lowest BCUT2D eigenvalue weighted by Gasteiger charge is -2.08. The van der Waals surface area contributed by atoms with Gasteiger partial charge in [0.2, 0.25) is 0 Å². The first-order valence-corrected chi connectivity index (χ1v) is 7.46. The van der Waals surface area contributed by atoms with E-state index < -0.39 is 32.0 Å². The monoisotopic (exact) mass is 310 g/mol. The van der Waals surface area contributed by atoms with Gasteiger partial charge in [0.15, 0.2) is 9.84 Å². The molecule has 0 heterocycles. The van der Waals surface area contributed by atoms with Crippen LogP contribution in [0, 0.1) is 15.9 Å². The van der Waals surface area contributed by atoms with Gasteiger partial charge in [0, 0.05) is 11.6 Å². The van der Waals surface area contributed by atoms with E-state index in [4.69, 9.17) is 5.73 Å². The van der Waals surface area contributed by atoms with Gasteiger partial charge in [-0.1, -0.05) is 12.1 Å². The summed E-state index contributed by atoms with van der Waals surface area (Å²) in [7, 11) is -3.91. The number of nitro groups is 1. The molecule has 0 bridgehead atoms. The maximum atomic E-state index is 13.2. The second-order valence-corrected chi connectivity index (χ2v) is 6.29. The number of nitrogens with two attached hydrogens (primary N) is 1. The third kappa shape index (κ3) is 3.16. The van der Waals surface area contributed by atoms with Crippen LogP contribution in [-0.2, 0) is 15.6 Å². The number of nitrogen functional groups attached to an aromatic ring is 1. The molecule has 0 fully saturated rings. The van der Waals surface area contributed by atoms with E-state index >= 15 is 0 Å². The summed E-state index contributed by atoms with van der Waals surface area (Å²) in [6, 6.07) is 8.46. The Morgan fingerprint density at radius 2 is 1.86 bits per heavy atom. The first-order valence-electron chi connectivity index (χ1n) is 5.81. The summed E-state index contributed by atoms with van der Waals surface area (Å²) in [5, 5.41) is 10.9. The number of hydrogen-bond acceptors (Lipinski definition) is 5. The van der Waals surface area contributed by atoms with Crippen LogP contribution in [0.2, 0.25) is 0 Å². The van der Waals surface area contributed by atoms with Crippen molar-refractivity contribution in [2.24, 2.45) is 0 Å². The van der Waals surface area contributed by atoms with Gasteiger partial charge in [0.25, 0.3) is 5.69 Å². The minimum absolute atomic E-state index is 0.0385. The lowest BCUT2D eigenvalue weighted by molar-refractivity contribution is -0.385. The normalized spacial score (nSPS) is 11.3. The molecule has 0 aliphatic rings. The summed E-state index contributed by atoms with van der Waals surface area (Å²) in [5.41, 5.74) is 4.97. The van der Waals surface area contributed by atoms with Crippen molar-refractivity contribution in [1.29, 1.82) is 0 Å². The molecule has 2 aromatic carbocycles. The van der Waals surface area contributed by atoms with Crippen molar-refractivity contribution < 1.29 is 17.7 Å². The van der Waals surface area contributed by atoms with Crippen LogP contribution < -0.4 is 5.73 Å². The molecule has 0 saturated heterocycles. The van der Waals surface area contributed by atoms with Gasteiger partial charge in [0.1, 0.15) is 5.82 Å². The third-order valence-electron chi connectivity index (χ3n) is 2.84. The average molecular weight is 310 g/mol. The first kappa shape index (κ1) is 14.9. The molecule has 2 rings (SSSR count). The highest BCUT2D eigenvalue weighted by molar-refractivity contribution is 7.90. The fraction of sp³-hybridized carbons (Fsp3) is 0.0769. The fourth-order valence-corrected chi connectivity index (χ4v) is 3.40. The number of nitrogens with zero attached hydrogens (tertiary/aromatic N) is 1. The summed E-state index contributed by atoms with van der Waals surface area (Å²) >= 11 is 0. The van der Waals surface area contributed by atoms with Gasteiger partial charge in [-0.05, 0) is 24.3 Å². The number of sulfone groups is 1. The molecule has 0 radical (unpaired) electrons. The van der Waals surface area contributed by atoms with E-state index in [-0.39, 0.29) is 16.1 Å². The molecular weight excluding hydrogens is 299 g/mol. The molecule has 110 valence electrons. The minimum atomic E-state index is -3.91. The Morgan fingerprint density at radius 1 is 1.19 bits per heavy atom. The summed E-state index contributed by atoms with van der Waals surface area (Å²) < 4.78 is 37.8. The van der Waals surface area contributed by atoms with Gasteiger partial charge in [-0.2, -0.15) is 0 Å². The summed E-state index contributed by atoms with van der Waals surface area (Å²) in [4.78, 5) is 10.00. The van der Waals surface area contributed by atoms with Crippen molar-refractivity contribution in [1.82, 2.24) is 0 Å². The zero-order chi connectivity index (χ0) is 15.6. The Labute approximate surface area is 120 Å². The van der Waals surface area contributed by atoms with Crippen LogP contribution >= 0.6 is 0 Å². The van der Waals surface area contributed by atoms with Crippen LogP contribution in [0.4, 0.5) is 15.8 Å². The highest BCUT2D eigenvalue weighted by Gasteiger charge is 2.24. The molecule has 0 aliphatic carbocycles. The number of nitro benzene ring substituents is 1. The number of hydrogen-bond donors (Lipinski definition) is 1. The van der Waals surface area contributed by atoms with E-state index in [0.29, 0.717) is 0 Å². The maximum Gasteiger partial charge on any atom is 0.273 e. The van der Waals surface area contributed by atoms with Crippen LogP contribution in [0.3, 0.4) is 0 Å². The van der Waals surface area contributed by atoms with Gasteiger partial charge < -0.3 is 5.73 Å². The fourth-order valence-electron chi connectivity index (χ4n) is 1.89. The number of benzene rings is 2. The van der Waals surface area contributed by atoms with Crippen LogP contribution in [0.25, 0.3) is 0 Å². The van der Waals surface area contributed by atoms with E-state index in [0.717, 1.165) is 18.2 Å². The Bertz CT molecular complexity index is 806. The second-order valence-electron chi connectivity index (χ2n) is 4.33. The molecule has 0 unspecified atom stereocenters. The highest BCUT2D eigenvalue weighted by Crippen LogP contribution is 2.27. The minimum Gasteiger partial charge on any atom is -0.398 e. The zero-order valence-electron chi connectivity index (χ0n) is 10.7. The van der Waals surface area contributed by atoms with Crippen molar-refractivity contribution in [2.45, 2.75) is 10.6 Å². The predicted octanol–water partition coefficient (Wildman–Crippen LogP) is 2.29. The quantitative estimate of drug-likeness (QED) is 0.530. The van der Waals surface area contributed by atoms with Crippen molar-refractivity contribution in [3.8, 4) is 0 Å². The molecular formula is C13H11FN2O4S. The van der Waals surface area contributed by atoms with Crippen LogP contribution in [0.5, 0.6) is 0 Å². The number of anilines is 1. The summed E-state index contributed by atoms with van der Waals surface area (Å²) in [5.74, 6) is -1.44. The molecule has 0 spiro atoms. The third-order valence-corrected chi connectivity index (χ3v) is 4.57. The predicted molar refractivity (Wildman–Crippen MR) is 74.8 cm³/mol. The Balaban J connectivity index is 2.49. The standard InChI is InChI=1S/C13H11FN2O4S/c14-10-5-6-12(16(17)18)9(7-10)8-21(19,20)13-4-2-1-3-11(13)15/h1-7H,8,15H2. The molecule has 8 heteroatoms. The zero-order valence-corrected chi connectivity index (χ0v) is 11.5. The van der Waals surface area contributed by atoms with Gasteiger partial charge >= 0.3 is 0 Å². The van der Waals surface area contributed by atoms with Crippen molar-refractivity contribution in [3.05, 3.63) is 64.0 Å². The largest absolute Gasteiger partial charge is 0.398 e. The lowest BCUT2D eigenvalue weighted by atomic mass is 10.2. The van der Waals surface area contributed by atoms with Gasteiger partial charge in [-0.25, -0.2) is 12.8 Å².